The van der Waals surface area contributed by atoms with Crippen LogP contribution in [0.1, 0.15) is 0 Å². The number of carbonyl (C=O) groups excluding carboxylic acids is 1. The summed E-state index contributed by atoms with van der Waals surface area (Å²) in [5, 5.41) is 12.9. The molecular weight excluding hydrogens is 503 g/mol. The van der Waals surface area contributed by atoms with Crippen LogP contribution < -0.4 is 10.1 Å². The van der Waals surface area contributed by atoms with Gasteiger partial charge in [-0.05, 0) is 36.4 Å². The molecule has 33 heavy (non-hydrogen) atoms. The van der Waals surface area contributed by atoms with Crippen LogP contribution in [-0.4, -0.2) is 33.5 Å². The third-order valence-electron chi connectivity index (χ3n) is 4.61. The third kappa shape index (κ3) is 5.45. The van der Waals surface area contributed by atoms with Crippen LogP contribution in [0.4, 0.5) is 5.69 Å². The standard InChI is InChI=1S/C23H17Cl3N4O2S/c1-32-16-9-7-15(8-10-16)30-22(14-5-3-2-4-6-14)28-29-23(30)33-13-21(31)27-20-12-18(25)17(24)11-19(20)26/h2-12H,13H2,1H3,(H,27,31). The van der Waals surface area contributed by atoms with Gasteiger partial charge in [0.05, 0.1) is 33.6 Å². The predicted molar refractivity (Wildman–Crippen MR) is 134 cm³/mol. The Morgan fingerprint density at radius 1 is 0.970 bits per heavy atom. The van der Waals surface area contributed by atoms with E-state index in [1.54, 1.807) is 7.11 Å². The Labute approximate surface area is 209 Å². The number of amides is 1. The van der Waals surface area contributed by atoms with Gasteiger partial charge in [-0.2, -0.15) is 0 Å². The van der Waals surface area contributed by atoms with E-state index in [0.29, 0.717) is 31.7 Å². The largest absolute Gasteiger partial charge is 0.497 e. The van der Waals surface area contributed by atoms with E-state index in [1.165, 1.54) is 23.9 Å². The van der Waals surface area contributed by atoms with Gasteiger partial charge in [-0.1, -0.05) is 76.9 Å². The van der Waals surface area contributed by atoms with Gasteiger partial charge in [0.2, 0.25) is 5.91 Å². The maximum Gasteiger partial charge on any atom is 0.234 e. The van der Waals surface area contributed by atoms with E-state index < -0.39 is 0 Å². The lowest BCUT2D eigenvalue weighted by Crippen LogP contribution is -2.15. The zero-order valence-electron chi connectivity index (χ0n) is 17.3. The second-order valence-electron chi connectivity index (χ2n) is 6.79. The number of nitrogens with one attached hydrogen (secondary N) is 1. The highest BCUT2D eigenvalue weighted by atomic mass is 35.5. The Morgan fingerprint density at radius 2 is 1.67 bits per heavy atom. The molecule has 168 valence electrons. The van der Waals surface area contributed by atoms with Crippen LogP contribution in [0.3, 0.4) is 0 Å². The van der Waals surface area contributed by atoms with E-state index >= 15 is 0 Å². The van der Waals surface area contributed by atoms with Gasteiger partial charge in [-0.15, -0.1) is 10.2 Å². The summed E-state index contributed by atoms with van der Waals surface area (Å²) in [5.41, 5.74) is 2.13. The number of ether oxygens (including phenoxy) is 1. The number of anilines is 1. The van der Waals surface area contributed by atoms with Crippen LogP contribution in [0, 0.1) is 0 Å². The summed E-state index contributed by atoms with van der Waals surface area (Å²) < 4.78 is 7.17. The van der Waals surface area contributed by atoms with Crippen molar-refractivity contribution in [1.29, 1.82) is 0 Å². The summed E-state index contributed by atoms with van der Waals surface area (Å²) in [6.07, 6.45) is 0. The Morgan fingerprint density at radius 3 is 2.36 bits per heavy atom. The number of aromatic nitrogens is 3. The summed E-state index contributed by atoms with van der Waals surface area (Å²) >= 11 is 19.4. The molecule has 0 spiro atoms. The third-order valence-corrected chi connectivity index (χ3v) is 6.58. The molecule has 0 fully saturated rings. The van der Waals surface area contributed by atoms with Gasteiger partial charge in [0.1, 0.15) is 5.75 Å². The maximum atomic E-state index is 12.6. The fourth-order valence-corrected chi connectivity index (χ4v) is 4.38. The summed E-state index contributed by atoms with van der Waals surface area (Å²) in [4.78, 5) is 12.6. The minimum absolute atomic E-state index is 0.0830. The maximum absolute atomic E-state index is 12.6. The van der Waals surface area contributed by atoms with Crippen molar-refractivity contribution in [3.05, 3.63) is 81.8 Å². The van der Waals surface area contributed by atoms with Gasteiger partial charge < -0.3 is 10.1 Å². The minimum Gasteiger partial charge on any atom is -0.497 e. The zero-order chi connectivity index (χ0) is 23.4. The quantitative estimate of drug-likeness (QED) is 0.219. The van der Waals surface area contributed by atoms with Crippen LogP contribution >= 0.6 is 46.6 Å². The highest BCUT2D eigenvalue weighted by molar-refractivity contribution is 7.99. The van der Waals surface area contributed by atoms with Crippen LogP contribution in [0.25, 0.3) is 17.1 Å². The molecule has 0 aliphatic carbocycles. The van der Waals surface area contributed by atoms with Crippen molar-refractivity contribution in [3.8, 4) is 22.8 Å². The van der Waals surface area contributed by atoms with Gasteiger partial charge in [-0.25, -0.2) is 0 Å². The van der Waals surface area contributed by atoms with Crippen LogP contribution in [-0.2, 0) is 4.79 Å². The molecule has 1 heterocycles. The van der Waals surface area contributed by atoms with Gasteiger partial charge in [0.25, 0.3) is 0 Å². The van der Waals surface area contributed by atoms with E-state index in [0.717, 1.165) is 17.0 Å². The van der Waals surface area contributed by atoms with Gasteiger partial charge in [0, 0.05) is 11.3 Å². The Hall–Kier alpha value is -2.71. The van der Waals surface area contributed by atoms with Crippen molar-refractivity contribution in [2.45, 2.75) is 5.16 Å². The lowest BCUT2D eigenvalue weighted by atomic mass is 10.2. The van der Waals surface area contributed by atoms with E-state index in [4.69, 9.17) is 39.5 Å². The summed E-state index contributed by atoms with van der Waals surface area (Å²) in [7, 11) is 1.61. The van der Waals surface area contributed by atoms with Crippen molar-refractivity contribution in [2.24, 2.45) is 0 Å². The van der Waals surface area contributed by atoms with Crippen molar-refractivity contribution < 1.29 is 9.53 Å². The SMILES string of the molecule is COc1ccc(-n2c(SCC(=O)Nc3cc(Cl)c(Cl)cc3Cl)nnc2-c2ccccc2)cc1. The van der Waals surface area contributed by atoms with Crippen LogP contribution in [0.2, 0.25) is 15.1 Å². The number of rotatable bonds is 7. The molecule has 1 N–H and O–H groups in total. The topological polar surface area (TPSA) is 69.0 Å². The summed E-state index contributed by atoms with van der Waals surface area (Å²) in [6, 6.07) is 20.3. The lowest BCUT2D eigenvalue weighted by molar-refractivity contribution is -0.113. The molecule has 6 nitrogen and oxygen atoms in total. The van der Waals surface area contributed by atoms with Gasteiger partial charge in [0.15, 0.2) is 11.0 Å². The number of hydrogen-bond donors (Lipinski definition) is 1. The number of methoxy groups -OCH3 is 1. The Bertz CT molecular complexity index is 1280. The highest BCUT2D eigenvalue weighted by Gasteiger charge is 2.18. The first-order valence-electron chi connectivity index (χ1n) is 9.68. The molecule has 0 unspecified atom stereocenters. The molecule has 0 aliphatic heterocycles. The molecule has 0 radical (unpaired) electrons. The smallest absolute Gasteiger partial charge is 0.234 e. The van der Waals surface area contributed by atoms with E-state index in [1.807, 2.05) is 59.2 Å². The molecular formula is C23H17Cl3N4O2S. The molecule has 0 saturated heterocycles. The monoisotopic (exact) mass is 518 g/mol. The normalized spacial score (nSPS) is 10.8. The molecule has 1 amide bonds. The zero-order valence-corrected chi connectivity index (χ0v) is 20.3. The van der Waals surface area contributed by atoms with E-state index in [-0.39, 0.29) is 11.7 Å². The summed E-state index contributed by atoms with van der Waals surface area (Å²) in [6.45, 7) is 0. The molecule has 4 rings (SSSR count). The van der Waals surface area contributed by atoms with Crippen molar-refractivity contribution in [1.82, 2.24) is 14.8 Å². The highest BCUT2D eigenvalue weighted by Crippen LogP contribution is 2.33. The minimum atomic E-state index is -0.272. The fourth-order valence-electron chi connectivity index (χ4n) is 3.04. The van der Waals surface area contributed by atoms with Gasteiger partial charge >= 0.3 is 0 Å². The van der Waals surface area contributed by atoms with Crippen molar-refractivity contribution in [3.63, 3.8) is 0 Å². The van der Waals surface area contributed by atoms with E-state index in [2.05, 4.69) is 15.5 Å². The number of thioether (sulfide) groups is 1. The summed E-state index contributed by atoms with van der Waals surface area (Å²) in [5.74, 6) is 1.21. The average molecular weight is 520 g/mol. The molecule has 0 saturated carbocycles. The second-order valence-corrected chi connectivity index (χ2v) is 8.95. The molecule has 10 heteroatoms. The molecule has 0 bridgehead atoms. The Kier molecular flexibility index (Phi) is 7.45. The van der Waals surface area contributed by atoms with Crippen molar-refractivity contribution in [2.75, 3.05) is 18.2 Å². The average Bonchev–Trinajstić information content (AvgIpc) is 3.26. The second kappa shape index (κ2) is 10.5. The first-order valence-corrected chi connectivity index (χ1v) is 11.8. The van der Waals surface area contributed by atoms with Gasteiger partial charge in [-0.3, -0.25) is 9.36 Å². The lowest BCUT2D eigenvalue weighted by Gasteiger charge is -2.12. The molecule has 1 aromatic heterocycles. The predicted octanol–water partition coefficient (Wildman–Crippen LogP) is 6.63. The van der Waals surface area contributed by atoms with Crippen LogP contribution in [0.15, 0.2) is 71.9 Å². The Balaban J connectivity index is 1.59. The number of nitrogens with zero attached hydrogens (tertiary/aromatic N) is 3. The van der Waals surface area contributed by atoms with Crippen LogP contribution in [0.5, 0.6) is 5.75 Å². The first-order chi connectivity index (χ1) is 16.0. The van der Waals surface area contributed by atoms with Crippen molar-refractivity contribution >= 4 is 58.2 Å². The number of benzene rings is 3. The number of halogens is 3. The molecule has 4 aromatic rings. The number of carbonyl (C=O) groups is 1. The van der Waals surface area contributed by atoms with E-state index in [9.17, 15) is 4.79 Å². The molecule has 0 aliphatic rings. The number of hydrogen-bond acceptors (Lipinski definition) is 5. The molecule has 0 atom stereocenters. The fraction of sp³-hybridized carbons (Fsp3) is 0.0870. The molecule has 3 aromatic carbocycles. The first kappa shape index (κ1) is 23.4.